The number of Topliss-reactive ketones (excluding diaryl/α,β-unsaturated/α-hetero) is 1. The molecule has 108 valence electrons. The lowest BCUT2D eigenvalue weighted by Gasteiger charge is -2.06. The van der Waals surface area contributed by atoms with Crippen LogP contribution >= 0.6 is 11.6 Å². The van der Waals surface area contributed by atoms with Crippen LogP contribution in [0.1, 0.15) is 21.5 Å². The van der Waals surface area contributed by atoms with Gasteiger partial charge in [-0.3, -0.25) is 4.79 Å². The van der Waals surface area contributed by atoms with Gasteiger partial charge in [-0.1, -0.05) is 23.7 Å². The Labute approximate surface area is 129 Å². The summed E-state index contributed by atoms with van der Waals surface area (Å²) < 4.78 is 0. The number of rotatable bonds is 5. The normalized spacial score (nSPS) is 12.8. The summed E-state index contributed by atoms with van der Waals surface area (Å²) in [6, 6.07) is 13.5. The molecule has 2 N–H and O–H groups in total. The number of carbonyl (C=O) groups excluding carboxylic acids is 1. The average Bonchev–Trinajstić information content (AvgIpc) is 2.96. The number of anilines is 1. The molecule has 3 nitrogen and oxygen atoms in total. The second-order valence-electron chi connectivity index (χ2n) is 5.20. The minimum Gasteiger partial charge on any atom is -0.384 e. The van der Waals surface area contributed by atoms with E-state index in [1.807, 2.05) is 42.5 Å². The van der Waals surface area contributed by atoms with E-state index >= 15 is 0 Å². The summed E-state index contributed by atoms with van der Waals surface area (Å²) in [6.07, 6.45) is 0.995. The highest BCUT2D eigenvalue weighted by Gasteiger charge is 2.13. The maximum atomic E-state index is 12.2. The zero-order valence-corrected chi connectivity index (χ0v) is 12.4. The van der Waals surface area contributed by atoms with Gasteiger partial charge in [-0.25, -0.2) is 0 Å². The summed E-state index contributed by atoms with van der Waals surface area (Å²) in [5.74, 6) is 0.124. The Kier molecular flexibility index (Phi) is 4.23. The molecular formula is C17H17ClN2O. The molecule has 0 radical (unpaired) electrons. The second kappa shape index (κ2) is 6.29. The van der Waals surface area contributed by atoms with E-state index in [-0.39, 0.29) is 5.78 Å². The lowest BCUT2D eigenvalue weighted by Crippen LogP contribution is -2.22. The molecule has 0 aliphatic carbocycles. The van der Waals surface area contributed by atoms with Gasteiger partial charge < -0.3 is 10.6 Å². The van der Waals surface area contributed by atoms with Crippen LogP contribution in [0, 0.1) is 0 Å². The third-order valence-corrected chi connectivity index (χ3v) is 3.92. The molecule has 0 amide bonds. The first kappa shape index (κ1) is 14.1. The van der Waals surface area contributed by atoms with Gasteiger partial charge in [0.15, 0.2) is 5.78 Å². The first-order chi connectivity index (χ1) is 10.2. The van der Waals surface area contributed by atoms with Crippen molar-refractivity contribution in [2.45, 2.75) is 13.0 Å². The fourth-order valence-electron chi connectivity index (χ4n) is 2.50. The van der Waals surface area contributed by atoms with Gasteiger partial charge >= 0.3 is 0 Å². The van der Waals surface area contributed by atoms with Gasteiger partial charge in [-0.05, 0) is 47.9 Å². The maximum Gasteiger partial charge on any atom is 0.176 e. The van der Waals surface area contributed by atoms with Crippen LogP contribution in [-0.4, -0.2) is 18.9 Å². The van der Waals surface area contributed by atoms with Crippen molar-refractivity contribution in [1.29, 1.82) is 0 Å². The number of nitrogens with one attached hydrogen (secondary N) is 2. The van der Waals surface area contributed by atoms with E-state index in [0.29, 0.717) is 13.1 Å². The molecule has 0 unspecified atom stereocenters. The molecule has 0 saturated carbocycles. The standard InChI is InChI=1S/C17H17ClN2O/c18-15-4-1-12(2-5-15)10-19-11-17(21)14-3-6-16-13(9-14)7-8-20-16/h1-6,9,19-20H,7-8,10-11H2. The van der Waals surface area contributed by atoms with Crippen LogP contribution < -0.4 is 10.6 Å². The molecule has 1 aliphatic rings. The molecule has 2 aromatic rings. The fraction of sp³-hybridized carbons (Fsp3) is 0.235. The summed E-state index contributed by atoms with van der Waals surface area (Å²) in [5, 5.41) is 7.20. The summed E-state index contributed by atoms with van der Waals surface area (Å²) in [6.45, 7) is 1.96. The van der Waals surface area contributed by atoms with E-state index in [4.69, 9.17) is 11.6 Å². The minimum absolute atomic E-state index is 0.124. The van der Waals surface area contributed by atoms with E-state index in [1.165, 1.54) is 5.56 Å². The SMILES string of the molecule is O=C(CNCc1ccc(Cl)cc1)c1ccc2c(c1)CCN2. The van der Waals surface area contributed by atoms with Crippen molar-refractivity contribution in [3.63, 3.8) is 0 Å². The quantitative estimate of drug-likeness (QED) is 0.833. The van der Waals surface area contributed by atoms with E-state index in [0.717, 1.165) is 34.8 Å². The number of carbonyl (C=O) groups is 1. The maximum absolute atomic E-state index is 12.2. The molecule has 1 heterocycles. The number of hydrogen-bond acceptors (Lipinski definition) is 3. The van der Waals surface area contributed by atoms with Crippen molar-refractivity contribution in [2.75, 3.05) is 18.4 Å². The van der Waals surface area contributed by atoms with Crippen molar-refractivity contribution in [1.82, 2.24) is 5.32 Å². The zero-order valence-electron chi connectivity index (χ0n) is 11.7. The smallest absolute Gasteiger partial charge is 0.176 e. The van der Waals surface area contributed by atoms with Crippen LogP contribution in [0.2, 0.25) is 5.02 Å². The number of fused-ring (bicyclic) bond motifs is 1. The van der Waals surface area contributed by atoms with Crippen LogP contribution in [0.3, 0.4) is 0 Å². The topological polar surface area (TPSA) is 41.1 Å². The Morgan fingerprint density at radius 1 is 1.19 bits per heavy atom. The molecule has 21 heavy (non-hydrogen) atoms. The van der Waals surface area contributed by atoms with Gasteiger partial charge in [0.1, 0.15) is 0 Å². The number of hydrogen-bond donors (Lipinski definition) is 2. The van der Waals surface area contributed by atoms with Crippen LogP contribution in [0.15, 0.2) is 42.5 Å². The van der Waals surface area contributed by atoms with E-state index < -0.39 is 0 Å². The summed E-state index contributed by atoms with van der Waals surface area (Å²) in [4.78, 5) is 12.2. The monoisotopic (exact) mass is 300 g/mol. The summed E-state index contributed by atoms with van der Waals surface area (Å²) >= 11 is 5.84. The molecule has 2 aromatic carbocycles. The Morgan fingerprint density at radius 3 is 2.81 bits per heavy atom. The fourth-order valence-corrected chi connectivity index (χ4v) is 2.63. The Balaban J connectivity index is 1.55. The lowest BCUT2D eigenvalue weighted by molar-refractivity contribution is 0.0990. The Morgan fingerprint density at radius 2 is 2.00 bits per heavy atom. The predicted octanol–water partition coefficient (Wildman–Crippen LogP) is 3.28. The summed E-state index contributed by atoms with van der Waals surface area (Å²) in [7, 11) is 0. The Bertz CT molecular complexity index is 652. The molecule has 0 spiro atoms. The summed E-state index contributed by atoms with van der Waals surface area (Å²) in [5.41, 5.74) is 4.28. The van der Waals surface area contributed by atoms with Crippen molar-refractivity contribution >= 4 is 23.1 Å². The Hall–Kier alpha value is -1.84. The van der Waals surface area contributed by atoms with Gasteiger partial charge in [0.2, 0.25) is 0 Å². The van der Waals surface area contributed by atoms with E-state index in [1.54, 1.807) is 0 Å². The van der Waals surface area contributed by atoms with Crippen molar-refractivity contribution in [2.24, 2.45) is 0 Å². The molecule has 0 atom stereocenters. The molecule has 0 aromatic heterocycles. The number of halogens is 1. The van der Waals surface area contributed by atoms with Crippen molar-refractivity contribution in [3.8, 4) is 0 Å². The van der Waals surface area contributed by atoms with E-state index in [2.05, 4.69) is 10.6 Å². The predicted molar refractivity (Wildman–Crippen MR) is 86.1 cm³/mol. The third-order valence-electron chi connectivity index (χ3n) is 3.66. The van der Waals surface area contributed by atoms with Crippen LogP contribution in [0.5, 0.6) is 0 Å². The van der Waals surface area contributed by atoms with Gasteiger partial charge in [0, 0.05) is 29.4 Å². The molecule has 1 aliphatic heterocycles. The van der Waals surface area contributed by atoms with Crippen molar-refractivity contribution in [3.05, 3.63) is 64.2 Å². The van der Waals surface area contributed by atoms with Crippen LogP contribution in [-0.2, 0) is 13.0 Å². The van der Waals surface area contributed by atoms with Gasteiger partial charge in [-0.2, -0.15) is 0 Å². The highest BCUT2D eigenvalue weighted by molar-refractivity contribution is 6.30. The molecule has 0 saturated heterocycles. The van der Waals surface area contributed by atoms with Gasteiger partial charge in [0.05, 0.1) is 6.54 Å². The molecule has 3 rings (SSSR count). The number of benzene rings is 2. The highest BCUT2D eigenvalue weighted by atomic mass is 35.5. The first-order valence-corrected chi connectivity index (χ1v) is 7.45. The van der Waals surface area contributed by atoms with Crippen LogP contribution in [0.25, 0.3) is 0 Å². The average molecular weight is 301 g/mol. The first-order valence-electron chi connectivity index (χ1n) is 7.07. The van der Waals surface area contributed by atoms with E-state index in [9.17, 15) is 4.79 Å². The zero-order chi connectivity index (χ0) is 14.7. The molecule has 4 heteroatoms. The van der Waals surface area contributed by atoms with Gasteiger partial charge in [-0.15, -0.1) is 0 Å². The molecule has 0 bridgehead atoms. The minimum atomic E-state index is 0.124. The van der Waals surface area contributed by atoms with Crippen molar-refractivity contribution < 1.29 is 4.79 Å². The molecule has 0 fully saturated rings. The van der Waals surface area contributed by atoms with Gasteiger partial charge in [0.25, 0.3) is 0 Å². The lowest BCUT2D eigenvalue weighted by atomic mass is 10.1. The third kappa shape index (κ3) is 3.43. The van der Waals surface area contributed by atoms with Crippen LogP contribution in [0.4, 0.5) is 5.69 Å². The highest BCUT2D eigenvalue weighted by Crippen LogP contribution is 2.23. The second-order valence-corrected chi connectivity index (χ2v) is 5.64. The molecular weight excluding hydrogens is 284 g/mol. The number of ketones is 1. The largest absolute Gasteiger partial charge is 0.384 e.